The number of ether oxygens (including phenoxy) is 1. The van der Waals surface area contributed by atoms with E-state index in [0.29, 0.717) is 23.8 Å². The van der Waals surface area contributed by atoms with E-state index < -0.39 is 5.60 Å². The molecule has 1 unspecified atom stereocenters. The van der Waals surface area contributed by atoms with Gasteiger partial charge in [0, 0.05) is 12.3 Å². The van der Waals surface area contributed by atoms with Gasteiger partial charge in [0.15, 0.2) is 11.4 Å². The maximum Gasteiger partial charge on any atom is 0.169 e. The average molecular weight is 248 g/mol. The predicted molar refractivity (Wildman–Crippen MR) is 68.0 cm³/mol. The summed E-state index contributed by atoms with van der Waals surface area (Å²) >= 11 is 0. The summed E-state index contributed by atoms with van der Waals surface area (Å²) in [4.78, 5) is 12.3. The Morgan fingerprint density at radius 3 is 3.00 bits per heavy atom. The molecule has 1 saturated heterocycles. The summed E-state index contributed by atoms with van der Waals surface area (Å²) in [6.45, 7) is 8.30. The second-order valence-electron chi connectivity index (χ2n) is 6.08. The molecule has 1 saturated carbocycles. The molecule has 2 aliphatic carbocycles. The van der Waals surface area contributed by atoms with Crippen LogP contribution < -0.4 is 0 Å². The molecule has 1 N–H and O–H groups in total. The van der Waals surface area contributed by atoms with E-state index in [0.717, 1.165) is 12.0 Å². The maximum absolute atomic E-state index is 12.3. The van der Waals surface area contributed by atoms with Crippen molar-refractivity contribution >= 4 is 5.78 Å². The topological polar surface area (TPSA) is 46.5 Å². The molecule has 0 radical (unpaired) electrons. The lowest BCUT2D eigenvalue weighted by Gasteiger charge is -2.54. The number of carbonyl (C=O) groups excluding carboxylic acids is 1. The molecule has 98 valence electrons. The van der Waals surface area contributed by atoms with Crippen LogP contribution in [0, 0.1) is 17.8 Å². The third-order valence-corrected chi connectivity index (χ3v) is 5.07. The van der Waals surface area contributed by atoms with Crippen LogP contribution in [-0.4, -0.2) is 29.2 Å². The molecule has 3 rings (SSSR count). The number of allylic oxidation sites excluding steroid dienone is 1. The Morgan fingerprint density at radius 2 is 2.28 bits per heavy atom. The van der Waals surface area contributed by atoms with Gasteiger partial charge in [-0.3, -0.25) is 4.79 Å². The minimum Gasteiger partial charge on any atom is -0.377 e. The summed E-state index contributed by atoms with van der Waals surface area (Å²) < 4.78 is 5.82. The molecule has 0 spiro atoms. The summed E-state index contributed by atoms with van der Waals surface area (Å²) in [5.41, 5.74) is 0.333. The fourth-order valence-corrected chi connectivity index (χ4v) is 3.96. The Morgan fingerprint density at radius 1 is 1.56 bits per heavy atom. The molecular formula is C15H20O3. The number of aliphatic hydroxyl groups is 1. The Kier molecular flexibility index (Phi) is 2.55. The van der Waals surface area contributed by atoms with Crippen LogP contribution in [0.25, 0.3) is 0 Å². The van der Waals surface area contributed by atoms with E-state index in [4.69, 9.17) is 4.74 Å². The van der Waals surface area contributed by atoms with Gasteiger partial charge in [-0.15, -0.1) is 0 Å². The summed E-state index contributed by atoms with van der Waals surface area (Å²) in [7, 11) is 0. The van der Waals surface area contributed by atoms with Crippen molar-refractivity contribution in [3.8, 4) is 0 Å². The third kappa shape index (κ3) is 1.35. The van der Waals surface area contributed by atoms with Crippen LogP contribution in [-0.2, 0) is 9.53 Å². The molecule has 0 amide bonds. The van der Waals surface area contributed by atoms with Crippen molar-refractivity contribution < 1.29 is 14.6 Å². The average Bonchev–Trinajstić information content (AvgIpc) is 2.32. The fourth-order valence-electron chi connectivity index (χ4n) is 3.96. The molecule has 1 heterocycles. The van der Waals surface area contributed by atoms with Gasteiger partial charge in [0.2, 0.25) is 0 Å². The van der Waals surface area contributed by atoms with Crippen LogP contribution in [0.15, 0.2) is 23.8 Å². The highest BCUT2D eigenvalue weighted by Crippen LogP contribution is 2.52. The first kappa shape index (κ1) is 12.1. The number of hydrogen-bond acceptors (Lipinski definition) is 3. The lowest BCUT2D eigenvalue weighted by Crippen LogP contribution is -2.64. The van der Waals surface area contributed by atoms with Gasteiger partial charge in [0.1, 0.15) is 0 Å². The number of hydrogen-bond donors (Lipinski definition) is 1. The van der Waals surface area contributed by atoms with Crippen molar-refractivity contribution in [3.05, 3.63) is 23.8 Å². The molecule has 3 heteroatoms. The quantitative estimate of drug-likeness (QED) is 0.666. The molecule has 0 bridgehead atoms. The van der Waals surface area contributed by atoms with Gasteiger partial charge in [-0.25, -0.2) is 0 Å². The van der Waals surface area contributed by atoms with Gasteiger partial charge in [0.05, 0.1) is 12.7 Å². The molecule has 3 aliphatic rings. The van der Waals surface area contributed by atoms with Gasteiger partial charge >= 0.3 is 0 Å². The normalized spacial score (nSPS) is 47.6. The van der Waals surface area contributed by atoms with E-state index in [1.54, 1.807) is 0 Å². The highest BCUT2D eigenvalue weighted by atomic mass is 16.5. The smallest absolute Gasteiger partial charge is 0.169 e. The van der Waals surface area contributed by atoms with E-state index >= 15 is 0 Å². The van der Waals surface area contributed by atoms with Gasteiger partial charge in [0.25, 0.3) is 0 Å². The summed E-state index contributed by atoms with van der Waals surface area (Å²) in [6, 6.07) is 0. The van der Waals surface area contributed by atoms with E-state index in [-0.39, 0.29) is 24.4 Å². The number of carbonyl (C=O) groups is 1. The Labute approximate surface area is 108 Å². The van der Waals surface area contributed by atoms with E-state index in [9.17, 15) is 9.90 Å². The number of Topliss-reactive ketones (excluding diaryl/α,β-unsaturated/α-hetero) is 1. The first-order valence-corrected chi connectivity index (χ1v) is 6.68. The van der Waals surface area contributed by atoms with Crippen molar-refractivity contribution in [2.75, 3.05) is 6.61 Å². The first-order chi connectivity index (χ1) is 8.46. The summed E-state index contributed by atoms with van der Waals surface area (Å²) in [5, 5.41) is 10.9. The maximum atomic E-state index is 12.3. The Balaban J connectivity index is 2.12. The molecule has 18 heavy (non-hydrogen) atoms. The summed E-state index contributed by atoms with van der Waals surface area (Å²) in [5.74, 6) is 0.423. The van der Waals surface area contributed by atoms with Crippen molar-refractivity contribution in [1.29, 1.82) is 0 Å². The second kappa shape index (κ2) is 3.78. The molecule has 0 aromatic heterocycles. The predicted octanol–water partition coefficient (Wildman–Crippen LogP) is 1.86. The SMILES string of the molecule is C=C1CO[C@H]2C(C)=CC[C@@H]3[C@@H]2C1(O)C(=O)C[C@@H]3C. The molecule has 3 nitrogen and oxygen atoms in total. The fraction of sp³-hybridized carbons (Fsp3) is 0.667. The van der Waals surface area contributed by atoms with Gasteiger partial charge in [-0.2, -0.15) is 0 Å². The van der Waals surface area contributed by atoms with Crippen LogP contribution in [0.4, 0.5) is 0 Å². The molecule has 5 atom stereocenters. The minimum absolute atomic E-state index is 0.0655. The zero-order valence-corrected chi connectivity index (χ0v) is 11.0. The van der Waals surface area contributed by atoms with Gasteiger partial charge in [-0.1, -0.05) is 19.6 Å². The van der Waals surface area contributed by atoms with Crippen molar-refractivity contribution in [1.82, 2.24) is 0 Å². The van der Waals surface area contributed by atoms with Crippen LogP contribution in [0.2, 0.25) is 0 Å². The zero-order chi connectivity index (χ0) is 13.1. The standard InChI is InChI=1S/C15H20O3/c1-8-4-5-11-9(2)6-12(16)15(17)10(3)7-18-14(8)13(11)15/h4,9,11,13-14,17H,3,5-7H2,1-2H3/t9-,11-,13-,14-,15?/m0/s1. The first-order valence-electron chi connectivity index (χ1n) is 6.68. The van der Waals surface area contributed by atoms with Crippen molar-refractivity contribution in [2.45, 2.75) is 38.4 Å². The van der Waals surface area contributed by atoms with Crippen LogP contribution in [0.5, 0.6) is 0 Å². The third-order valence-electron chi connectivity index (χ3n) is 5.07. The molecular weight excluding hydrogens is 228 g/mol. The van der Waals surface area contributed by atoms with Gasteiger partial charge in [-0.05, 0) is 36.3 Å². The number of ketones is 1. The zero-order valence-electron chi connectivity index (χ0n) is 11.0. The van der Waals surface area contributed by atoms with E-state index in [2.05, 4.69) is 19.6 Å². The molecule has 0 aromatic carbocycles. The van der Waals surface area contributed by atoms with E-state index in [1.165, 1.54) is 0 Å². The van der Waals surface area contributed by atoms with Crippen LogP contribution in [0.3, 0.4) is 0 Å². The lowest BCUT2D eigenvalue weighted by atomic mass is 9.55. The monoisotopic (exact) mass is 248 g/mol. The van der Waals surface area contributed by atoms with Crippen LogP contribution in [0.1, 0.15) is 26.7 Å². The Hall–Kier alpha value is -0.930. The molecule has 0 aromatic rings. The number of rotatable bonds is 0. The van der Waals surface area contributed by atoms with E-state index in [1.807, 2.05) is 6.92 Å². The minimum atomic E-state index is -1.35. The summed E-state index contributed by atoms with van der Waals surface area (Å²) in [6.07, 6.45) is 3.47. The molecule has 2 fully saturated rings. The highest BCUT2D eigenvalue weighted by Gasteiger charge is 2.60. The van der Waals surface area contributed by atoms with Crippen molar-refractivity contribution in [2.24, 2.45) is 17.8 Å². The second-order valence-corrected chi connectivity index (χ2v) is 6.08. The molecule has 1 aliphatic heterocycles. The van der Waals surface area contributed by atoms with Gasteiger partial charge < -0.3 is 9.84 Å². The Bertz CT molecular complexity index is 451. The van der Waals surface area contributed by atoms with Crippen LogP contribution >= 0.6 is 0 Å². The van der Waals surface area contributed by atoms with Crippen molar-refractivity contribution in [3.63, 3.8) is 0 Å². The lowest BCUT2D eigenvalue weighted by molar-refractivity contribution is -0.174. The highest BCUT2D eigenvalue weighted by molar-refractivity contribution is 5.92. The largest absolute Gasteiger partial charge is 0.377 e.